The highest BCUT2D eigenvalue weighted by Gasteiger charge is 2.21. The number of rotatable bonds is 5. The second-order valence-corrected chi connectivity index (χ2v) is 5.31. The summed E-state index contributed by atoms with van der Waals surface area (Å²) in [7, 11) is 0. The number of carboxylic acids is 1. The molecule has 0 saturated carbocycles. The molecule has 0 atom stereocenters. The highest BCUT2D eigenvalue weighted by molar-refractivity contribution is 5.92. The summed E-state index contributed by atoms with van der Waals surface area (Å²) in [5, 5.41) is 18.8. The minimum Gasteiger partial charge on any atom is -0.478 e. The summed E-state index contributed by atoms with van der Waals surface area (Å²) >= 11 is 0. The Morgan fingerprint density at radius 1 is 1.45 bits per heavy atom. The van der Waals surface area contributed by atoms with Gasteiger partial charge in [-0.3, -0.25) is 0 Å². The first-order chi connectivity index (χ1) is 9.30. The van der Waals surface area contributed by atoms with Crippen LogP contribution in [0.25, 0.3) is 11.1 Å². The fraction of sp³-hybridized carbons (Fsp3) is 0.429. The Hall–Kier alpha value is -2.08. The van der Waals surface area contributed by atoms with Gasteiger partial charge >= 0.3 is 5.97 Å². The molecule has 0 aliphatic heterocycles. The number of nitrogens with zero attached hydrogens (tertiary/aromatic N) is 2. The number of hydrogen-bond donors (Lipinski definition) is 2. The summed E-state index contributed by atoms with van der Waals surface area (Å²) in [4.78, 5) is 17.1. The molecular weight excluding hydrogens is 260 g/mol. The summed E-state index contributed by atoms with van der Waals surface area (Å²) in [5.74, 6) is -1.01. The van der Waals surface area contributed by atoms with Crippen LogP contribution >= 0.6 is 0 Å². The van der Waals surface area contributed by atoms with E-state index in [1.54, 1.807) is 24.8 Å². The molecule has 0 saturated heterocycles. The quantitative estimate of drug-likeness (QED) is 0.871. The summed E-state index contributed by atoms with van der Waals surface area (Å²) < 4.78 is 5.60. The van der Waals surface area contributed by atoms with Crippen LogP contribution in [0, 0.1) is 0 Å². The lowest BCUT2D eigenvalue weighted by Gasteiger charge is -2.26. The van der Waals surface area contributed by atoms with E-state index in [2.05, 4.69) is 4.98 Å². The van der Waals surface area contributed by atoms with E-state index in [0.717, 1.165) is 0 Å². The molecular formula is C14H18N2O4. The Bertz CT molecular complexity index is 628. The molecule has 2 aromatic rings. The number of benzene rings is 1. The van der Waals surface area contributed by atoms with Gasteiger partial charge in [-0.15, -0.1) is 0 Å². The molecule has 0 bridgehead atoms. The third-order valence-corrected chi connectivity index (χ3v) is 2.85. The summed E-state index contributed by atoms with van der Waals surface area (Å²) in [6, 6.07) is 4.94. The zero-order valence-corrected chi connectivity index (χ0v) is 11.8. The van der Waals surface area contributed by atoms with Crippen LogP contribution in [-0.4, -0.2) is 39.9 Å². The van der Waals surface area contributed by atoms with Crippen LogP contribution < -0.4 is 4.90 Å². The molecule has 0 unspecified atom stereocenters. The first kappa shape index (κ1) is 14.3. The number of carbonyl (C=O) groups is 1. The molecule has 0 amide bonds. The van der Waals surface area contributed by atoms with E-state index in [9.17, 15) is 9.90 Å². The molecule has 0 spiro atoms. The molecule has 2 N–H and O–H groups in total. The summed E-state index contributed by atoms with van der Waals surface area (Å²) in [6.45, 7) is 6.36. The maximum absolute atomic E-state index is 10.9. The number of aromatic carboxylic acids is 1. The van der Waals surface area contributed by atoms with Crippen molar-refractivity contribution in [3.63, 3.8) is 0 Å². The van der Waals surface area contributed by atoms with Crippen LogP contribution in [0.2, 0.25) is 0 Å². The Labute approximate surface area is 116 Å². The van der Waals surface area contributed by atoms with E-state index >= 15 is 0 Å². The molecule has 0 fully saturated rings. The fourth-order valence-electron chi connectivity index (χ4n) is 1.96. The minimum atomic E-state index is -1.01. The van der Waals surface area contributed by atoms with Crippen molar-refractivity contribution in [2.75, 3.05) is 18.0 Å². The monoisotopic (exact) mass is 278 g/mol. The smallest absolute Gasteiger partial charge is 0.335 e. The third-order valence-electron chi connectivity index (χ3n) is 2.85. The topological polar surface area (TPSA) is 86.8 Å². The SMILES string of the molecule is CCN(CC(C)(C)O)c1nc2ccc(C(=O)O)cc2o1. The maximum atomic E-state index is 10.9. The summed E-state index contributed by atoms with van der Waals surface area (Å²) in [6.07, 6.45) is 0. The van der Waals surface area contributed by atoms with E-state index in [-0.39, 0.29) is 5.56 Å². The van der Waals surface area contributed by atoms with Gasteiger partial charge in [0, 0.05) is 6.54 Å². The van der Waals surface area contributed by atoms with Crippen molar-refractivity contribution in [2.24, 2.45) is 0 Å². The Kier molecular flexibility index (Phi) is 3.67. The van der Waals surface area contributed by atoms with Crippen LogP contribution in [0.1, 0.15) is 31.1 Å². The number of oxazole rings is 1. The third kappa shape index (κ3) is 3.08. The van der Waals surface area contributed by atoms with Gasteiger partial charge in [0.2, 0.25) is 0 Å². The van der Waals surface area contributed by atoms with Crippen molar-refractivity contribution in [1.29, 1.82) is 0 Å². The lowest BCUT2D eigenvalue weighted by Crippen LogP contribution is -2.38. The van der Waals surface area contributed by atoms with Crippen molar-refractivity contribution >= 4 is 23.1 Å². The zero-order valence-electron chi connectivity index (χ0n) is 11.8. The number of likely N-dealkylation sites (N-methyl/N-ethyl adjacent to an activating group) is 1. The van der Waals surface area contributed by atoms with Crippen molar-refractivity contribution in [2.45, 2.75) is 26.4 Å². The minimum absolute atomic E-state index is 0.158. The van der Waals surface area contributed by atoms with Crippen molar-refractivity contribution in [3.8, 4) is 0 Å². The van der Waals surface area contributed by atoms with Crippen molar-refractivity contribution < 1.29 is 19.4 Å². The molecule has 108 valence electrons. The number of hydrogen-bond acceptors (Lipinski definition) is 5. The predicted molar refractivity (Wildman–Crippen MR) is 75.2 cm³/mol. The van der Waals surface area contributed by atoms with Gasteiger partial charge in [-0.1, -0.05) is 0 Å². The first-order valence-electron chi connectivity index (χ1n) is 6.41. The Balaban J connectivity index is 2.37. The van der Waals surface area contributed by atoms with Crippen molar-refractivity contribution in [3.05, 3.63) is 23.8 Å². The highest BCUT2D eigenvalue weighted by atomic mass is 16.4. The van der Waals surface area contributed by atoms with Gasteiger partial charge in [-0.2, -0.15) is 4.98 Å². The van der Waals surface area contributed by atoms with Crippen LogP contribution in [0.3, 0.4) is 0 Å². The van der Waals surface area contributed by atoms with Gasteiger partial charge in [0.1, 0.15) is 5.52 Å². The lowest BCUT2D eigenvalue weighted by molar-refractivity contribution is 0.0696. The molecule has 0 aliphatic carbocycles. The molecule has 20 heavy (non-hydrogen) atoms. The lowest BCUT2D eigenvalue weighted by atomic mass is 10.1. The van der Waals surface area contributed by atoms with Gasteiger partial charge in [0.15, 0.2) is 5.58 Å². The highest BCUT2D eigenvalue weighted by Crippen LogP contribution is 2.24. The van der Waals surface area contributed by atoms with Crippen LogP contribution in [0.4, 0.5) is 6.01 Å². The average Bonchev–Trinajstić information content (AvgIpc) is 2.77. The predicted octanol–water partition coefficient (Wildman–Crippen LogP) is 2.12. The van der Waals surface area contributed by atoms with Crippen LogP contribution in [0.5, 0.6) is 0 Å². The Morgan fingerprint density at radius 3 is 2.70 bits per heavy atom. The molecule has 0 radical (unpaired) electrons. The first-order valence-corrected chi connectivity index (χ1v) is 6.41. The number of carboxylic acid groups (broad SMARTS) is 1. The largest absolute Gasteiger partial charge is 0.478 e. The van der Waals surface area contributed by atoms with E-state index in [0.29, 0.717) is 30.2 Å². The van der Waals surface area contributed by atoms with Crippen LogP contribution in [-0.2, 0) is 0 Å². The average molecular weight is 278 g/mol. The van der Waals surface area contributed by atoms with Gasteiger partial charge < -0.3 is 19.5 Å². The molecule has 1 heterocycles. The molecule has 0 aliphatic rings. The number of anilines is 1. The zero-order chi connectivity index (χ0) is 14.9. The van der Waals surface area contributed by atoms with Gasteiger partial charge in [-0.05, 0) is 39.0 Å². The van der Waals surface area contributed by atoms with Crippen molar-refractivity contribution in [1.82, 2.24) is 4.98 Å². The normalized spacial score (nSPS) is 11.8. The van der Waals surface area contributed by atoms with Gasteiger partial charge in [0.25, 0.3) is 6.01 Å². The number of aliphatic hydroxyl groups is 1. The second-order valence-electron chi connectivity index (χ2n) is 5.31. The van der Waals surface area contributed by atoms with E-state index in [4.69, 9.17) is 9.52 Å². The molecule has 6 heteroatoms. The molecule has 6 nitrogen and oxygen atoms in total. The standard InChI is InChI=1S/C14H18N2O4/c1-4-16(8-14(2,3)19)13-15-10-6-5-9(12(17)18)7-11(10)20-13/h5-7,19H,4,8H2,1-3H3,(H,17,18). The number of fused-ring (bicyclic) bond motifs is 1. The van der Waals surface area contributed by atoms with Gasteiger partial charge in [-0.25, -0.2) is 4.79 Å². The summed E-state index contributed by atoms with van der Waals surface area (Å²) in [5.41, 5.74) is 0.308. The molecule has 1 aromatic carbocycles. The van der Waals surface area contributed by atoms with Crippen LogP contribution in [0.15, 0.2) is 22.6 Å². The molecule has 1 aromatic heterocycles. The van der Waals surface area contributed by atoms with E-state index in [1.807, 2.05) is 6.92 Å². The Morgan fingerprint density at radius 2 is 2.15 bits per heavy atom. The second kappa shape index (κ2) is 5.13. The molecule has 2 rings (SSSR count). The number of aromatic nitrogens is 1. The fourth-order valence-corrected chi connectivity index (χ4v) is 1.96. The van der Waals surface area contributed by atoms with Gasteiger partial charge in [0.05, 0.1) is 17.7 Å². The maximum Gasteiger partial charge on any atom is 0.335 e. The van der Waals surface area contributed by atoms with E-state index in [1.165, 1.54) is 12.1 Å². The van der Waals surface area contributed by atoms with E-state index < -0.39 is 11.6 Å².